The van der Waals surface area contributed by atoms with Gasteiger partial charge in [0.15, 0.2) is 0 Å². The molecule has 3 fully saturated rings. The first kappa shape index (κ1) is 53.2. The number of benzene rings is 1. The van der Waals surface area contributed by atoms with Crippen LogP contribution in [-0.4, -0.2) is 126 Å². The summed E-state index contributed by atoms with van der Waals surface area (Å²) in [6.45, 7) is 15.9. The first-order valence-electron chi connectivity index (χ1n) is 25.0. The van der Waals surface area contributed by atoms with E-state index in [0.29, 0.717) is 37.7 Å². The number of aliphatic hydroxyl groups excluding tert-OH is 1. The lowest BCUT2D eigenvalue weighted by atomic mass is 9.81. The molecule has 2 aromatic rings. The van der Waals surface area contributed by atoms with E-state index in [-0.39, 0.29) is 62.1 Å². The third-order valence-electron chi connectivity index (χ3n) is 15.4. The smallest absolute Gasteiger partial charge is 0.329 e. The van der Waals surface area contributed by atoms with Gasteiger partial charge in [-0.2, -0.15) is 0 Å². The van der Waals surface area contributed by atoms with Gasteiger partial charge in [0.05, 0.1) is 24.4 Å². The maximum atomic E-state index is 14.6. The molecule has 14 atom stereocenters. The Kier molecular flexibility index (Phi) is 18.5. The molecule has 2 saturated heterocycles. The Morgan fingerprint density at radius 1 is 0.912 bits per heavy atom. The number of Topliss-reactive ketones (excluding diaryl/α,β-unsaturated/α-hetero) is 2. The van der Waals surface area contributed by atoms with E-state index in [4.69, 9.17) is 28.4 Å². The number of piperidine rings is 1. The van der Waals surface area contributed by atoms with Crippen LogP contribution in [0.4, 0.5) is 0 Å². The first-order chi connectivity index (χ1) is 32.5. The van der Waals surface area contributed by atoms with Gasteiger partial charge in [-0.1, -0.05) is 45.9 Å². The van der Waals surface area contributed by atoms with E-state index in [9.17, 15) is 29.4 Å². The molecule has 2 N–H and O–H groups in total. The Morgan fingerprint density at radius 2 is 1.63 bits per heavy atom. The second-order valence-corrected chi connectivity index (χ2v) is 20.1. The number of rotatable bonds is 10. The van der Waals surface area contributed by atoms with Crippen LogP contribution < -0.4 is 4.74 Å². The highest BCUT2D eigenvalue weighted by atomic mass is 16.7. The number of allylic oxidation sites excluding steroid dienone is 3. The quantitative estimate of drug-likeness (QED) is 0.135. The van der Waals surface area contributed by atoms with Gasteiger partial charge < -0.3 is 48.1 Å². The third kappa shape index (κ3) is 11.9. The van der Waals surface area contributed by atoms with Crippen LogP contribution in [-0.2, 0) is 49.4 Å². The van der Waals surface area contributed by atoms with Crippen molar-refractivity contribution in [3.05, 3.63) is 66.4 Å². The Labute approximate surface area is 403 Å². The van der Waals surface area contributed by atoms with E-state index in [1.54, 1.807) is 14.0 Å². The number of hydrogen-bond donors (Lipinski definition) is 2. The van der Waals surface area contributed by atoms with Gasteiger partial charge in [0, 0.05) is 69.8 Å². The van der Waals surface area contributed by atoms with Crippen molar-refractivity contribution >= 4 is 34.3 Å². The number of aliphatic hydroxyl groups is 2. The lowest BCUT2D eigenvalue weighted by Crippen LogP contribution is -2.64. The van der Waals surface area contributed by atoms with Crippen molar-refractivity contribution in [3.8, 4) is 5.75 Å². The zero-order chi connectivity index (χ0) is 49.4. The number of carbonyl (C=O) groups is 4. The van der Waals surface area contributed by atoms with Gasteiger partial charge in [0.2, 0.25) is 5.79 Å². The van der Waals surface area contributed by atoms with Crippen LogP contribution in [0.5, 0.6) is 5.75 Å². The summed E-state index contributed by atoms with van der Waals surface area (Å²) < 4.78 is 39.2. The van der Waals surface area contributed by atoms with Gasteiger partial charge in [-0.15, -0.1) is 6.58 Å². The molecule has 68 heavy (non-hydrogen) atoms. The molecule has 1 aliphatic carbocycles. The van der Waals surface area contributed by atoms with Gasteiger partial charge >= 0.3 is 5.97 Å². The molecule has 1 saturated carbocycles. The van der Waals surface area contributed by atoms with Crippen LogP contribution in [0.1, 0.15) is 112 Å². The molecular formula is C54H78N2O12. The lowest BCUT2D eigenvalue weighted by Gasteiger charge is -2.47. The number of carbonyl (C=O) groups excluding carboxylic acids is 4. The van der Waals surface area contributed by atoms with E-state index < -0.39 is 77.8 Å². The number of nitrogens with zero attached hydrogens (tertiary/aromatic N) is 2. The number of methoxy groups -OCH3 is 3. The molecule has 2 bridgehead atoms. The largest absolute Gasteiger partial charge is 0.488 e. The number of ketones is 2. The Balaban J connectivity index is 1.28. The fraction of sp³-hybridized carbons (Fsp3) is 0.667. The van der Waals surface area contributed by atoms with Crippen LogP contribution in [0.25, 0.3) is 10.9 Å². The van der Waals surface area contributed by atoms with Crippen LogP contribution in [0, 0.1) is 29.6 Å². The van der Waals surface area contributed by atoms with Gasteiger partial charge in [0.1, 0.15) is 35.9 Å². The van der Waals surface area contributed by atoms with E-state index in [1.165, 1.54) is 19.1 Å². The molecule has 1 aromatic carbocycles. The SMILES string of the molecule is C=CCn1ccc2cc(OC3CCC(C=C(C)C4OC(=O)C5CCCCN5C(=O)C(=O)C5(O)OC(C(OC)CC(C)C(O)/C(C)=C/C(CC)C(=O)CCC4C)C(OC)CC5C)CC3OC)ccc21. The van der Waals surface area contributed by atoms with Crippen molar-refractivity contribution in [2.24, 2.45) is 29.6 Å². The zero-order valence-corrected chi connectivity index (χ0v) is 41.9. The number of amides is 1. The average molecular weight is 947 g/mol. The van der Waals surface area contributed by atoms with Crippen molar-refractivity contribution in [3.63, 3.8) is 0 Å². The van der Waals surface area contributed by atoms with Gasteiger partial charge in [-0.25, -0.2) is 4.79 Å². The van der Waals surface area contributed by atoms with Crippen LogP contribution in [0.15, 0.2) is 66.4 Å². The summed E-state index contributed by atoms with van der Waals surface area (Å²) in [5.74, 6) is -6.51. The molecule has 14 nitrogen and oxygen atoms in total. The standard InChI is InChI=1S/C54H78N2O12/c1-11-23-55-25-22-39-31-40(18-19-41(39)55)66-44-21-17-37(30-45(44)63-8)26-35(6)49-32(3)16-20-43(57)38(12-2)27-33(4)48(58)34(5)28-46(64-9)50-47(65-10)29-36(7)54(62,68-50)51(59)52(60)56-24-14-13-15-42(56)53(61)67-49/h11,18-19,22,25-27,31-32,34,36-38,42,44-50,58,62H,1,12-17,20-21,23-24,28-30H2,2-10H3/b33-27+,35-26?. The molecule has 4 aliphatic rings. The molecule has 0 spiro atoms. The van der Waals surface area contributed by atoms with Crippen molar-refractivity contribution in [2.75, 3.05) is 27.9 Å². The van der Waals surface area contributed by atoms with Crippen LogP contribution in [0.3, 0.4) is 0 Å². The van der Waals surface area contributed by atoms with Gasteiger partial charge in [-0.3, -0.25) is 14.4 Å². The molecule has 14 unspecified atom stereocenters. The zero-order valence-electron chi connectivity index (χ0n) is 41.9. The number of fused-ring (bicyclic) bond motifs is 4. The summed E-state index contributed by atoms with van der Waals surface area (Å²) in [4.78, 5) is 58.6. The van der Waals surface area contributed by atoms with E-state index in [2.05, 4.69) is 35.4 Å². The number of aromatic nitrogens is 1. The summed E-state index contributed by atoms with van der Waals surface area (Å²) in [7, 11) is 4.69. The first-order valence-corrected chi connectivity index (χ1v) is 25.0. The summed E-state index contributed by atoms with van der Waals surface area (Å²) in [5, 5.41) is 24.8. The average Bonchev–Trinajstić information content (AvgIpc) is 3.74. The van der Waals surface area contributed by atoms with Crippen molar-refractivity contribution < 1.29 is 57.8 Å². The fourth-order valence-electron chi connectivity index (χ4n) is 11.2. The molecule has 4 heterocycles. The highest BCUT2D eigenvalue weighted by Crippen LogP contribution is 2.40. The third-order valence-corrected chi connectivity index (χ3v) is 15.4. The molecule has 1 aromatic heterocycles. The monoisotopic (exact) mass is 947 g/mol. The summed E-state index contributed by atoms with van der Waals surface area (Å²) in [5.41, 5.74) is 2.57. The number of hydrogen-bond acceptors (Lipinski definition) is 12. The molecule has 3 aliphatic heterocycles. The highest BCUT2D eigenvalue weighted by molar-refractivity contribution is 6.39. The Morgan fingerprint density at radius 3 is 2.32 bits per heavy atom. The summed E-state index contributed by atoms with van der Waals surface area (Å²) in [6.07, 6.45) is 8.75. The molecule has 376 valence electrons. The van der Waals surface area contributed by atoms with Gasteiger partial charge in [0.25, 0.3) is 11.7 Å². The minimum atomic E-state index is -2.54. The van der Waals surface area contributed by atoms with Crippen LogP contribution in [0.2, 0.25) is 0 Å². The summed E-state index contributed by atoms with van der Waals surface area (Å²) >= 11 is 0. The number of esters is 1. The fourth-order valence-corrected chi connectivity index (χ4v) is 11.2. The number of ether oxygens (including phenoxy) is 6. The molecule has 0 radical (unpaired) electrons. The predicted octanol–water partition coefficient (Wildman–Crippen LogP) is 7.70. The topological polar surface area (TPSA) is 172 Å². The van der Waals surface area contributed by atoms with Gasteiger partial charge in [-0.05, 0) is 131 Å². The molecule has 14 heteroatoms. The predicted molar refractivity (Wildman–Crippen MR) is 259 cm³/mol. The second-order valence-electron chi connectivity index (χ2n) is 20.1. The van der Waals surface area contributed by atoms with Crippen LogP contribution >= 0.6 is 0 Å². The van der Waals surface area contributed by atoms with E-state index >= 15 is 0 Å². The molecule has 6 rings (SSSR count). The molecular weight excluding hydrogens is 869 g/mol. The minimum Gasteiger partial charge on any atom is -0.488 e. The van der Waals surface area contributed by atoms with Crippen molar-refractivity contribution in [1.82, 2.24) is 9.47 Å². The Bertz CT molecular complexity index is 2150. The molecule has 1 amide bonds. The van der Waals surface area contributed by atoms with Crippen molar-refractivity contribution in [2.45, 2.75) is 173 Å². The maximum absolute atomic E-state index is 14.6. The second kappa shape index (κ2) is 23.6. The normalized spacial score (nSPS) is 36.3. The summed E-state index contributed by atoms with van der Waals surface area (Å²) in [6, 6.07) is 7.10. The Hall–Kier alpha value is -4.18. The van der Waals surface area contributed by atoms with E-state index in [1.807, 2.05) is 59.0 Å². The lowest BCUT2D eigenvalue weighted by molar-refractivity contribution is -0.302. The highest BCUT2D eigenvalue weighted by Gasteiger charge is 2.56. The van der Waals surface area contributed by atoms with E-state index in [0.717, 1.165) is 41.6 Å². The maximum Gasteiger partial charge on any atom is 0.329 e. The van der Waals surface area contributed by atoms with Crippen molar-refractivity contribution in [1.29, 1.82) is 0 Å². The minimum absolute atomic E-state index is 0.0233. The number of cyclic esters (lactones) is 1.